The number of pyridine rings is 1. The van der Waals surface area contributed by atoms with E-state index >= 15 is 0 Å². The molecule has 0 atom stereocenters. The summed E-state index contributed by atoms with van der Waals surface area (Å²) >= 11 is 1.43. The van der Waals surface area contributed by atoms with E-state index in [-0.39, 0.29) is 22.3 Å². The summed E-state index contributed by atoms with van der Waals surface area (Å²) in [6.45, 7) is 3.96. The van der Waals surface area contributed by atoms with Gasteiger partial charge < -0.3 is 4.98 Å². The Morgan fingerprint density at radius 3 is 2.58 bits per heavy atom. The molecule has 0 aliphatic heterocycles. The van der Waals surface area contributed by atoms with Crippen LogP contribution in [0.15, 0.2) is 50.7 Å². The van der Waals surface area contributed by atoms with E-state index in [0.29, 0.717) is 22.5 Å². The number of fused-ring (bicyclic) bond motifs is 2. The molecule has 0 fully saturated rings. The van der Waals surface area contributed by atoms with Crippen LogP contribution in [0.25, 0.3) is 27.6 Å². The number of thiophene rings is 1. The molecule has 0 saturated carbocycles. The lowest BCUT2D eigenvalue weighted by Gasteiger charge is -2.15. The third-order valence-electron chi connectivity index (χ3n) is 4.03. The van der Waals surface area contributed by atoms with E-state index in [1.807, 2.05) is 49.6 Å². The molecule has 0 unspecified atom stereocenters. The van der Waals surface area contributed by atoms with Crippen LogP contribution in [0.4, 0.5) is 0 Å². The fraction of sp³-hybridized carbons (Fsp3) is 0.167. The van der Waals surface area contributed by atoms with Gasteiger partial charge in [-0.15, -0.1) is 11.3 Å². The second-order valence-electron chi connectivity index (χ2n) is 5.98. The smallest absolute Gasteiger partial charge is 0.271 e. The molecule has 6 heteroatoms. The van der Waals surface area contributed by atoms with Gasteiger partial charge in [0.05, 0.1) is 16.6 Å². The monoisotopic (exact) mass is 337 g/mol. The number of hydrogen-bond acceptors (Lipinski definition) is 4. The molecule has 0 bridgehead atoms. The van der Waals surface area contributed by atoms with Crippen molar-refractivity contribution in [3.8, 4) is 5.69 Å². The maximum atomic E-state index is 13.1. The molecular formula is C18H15N3O2S. The second-order valence-corrected chi connectivity index (χ2v) is 6.72. The Labute approximate surface area is 141 Å². The van der Waals surface area contributed by atoms with Gasteiger partial charge in [0.1, 0.15) is 16.9 Å². The van der Waals surface area contributed by atoms with Gasteiger partial charge in [-0.2, -0.15) is 0 Å². The number of aromatic nitrogens is 3. The molecule has 0 saturated heterocycles. The number of H-pyrrole nitrogens is 1. The van der Waals surface area contributed by atoms with Gasteiger partial charge in [-0.25, -0.2) is 4.98 Å². The molecule has 4 rings (SSSR count). The first-order valence-corrected chi connectivity index (χ1v) is 8.62. The van der Waals surface area contributed by atoms with Gasteiger partial charge in [-0.05, 0) is 12.1 Å². The number of rotatable bonds is 2. The highest BCUT2D eigenvalue weighted by Gasteiger charge is 2.19. The SMILES string of the molecule is CC(C)c1nc2[nH]c3cscc3c(=O)c2c(=O)n1-c1ccccc1. The average molecular weight is 337 g/mol. The van der Waals surface area contributed by atoms with Crippen LogP contribution >= 0.6 is 11.3 Å². The molecule has 3 heterocycles. The van der Waals surface area contributed by atoms with Crippen LogP contribution in [0.5, 0.6) is 0 Å². The fourth-order valence-corrected chi connectivity index (χ4v) is 3.64. The first-order chi connectivity index (χ1) is 11.6. The summed E-state index contributed by atoms with van der Waals surface area (Å²) < 4.78 is 1.54. The van der Waals surface area contributed by atoms with Crippen molar-refractivity contribution in [2.75, 3.05) is 0 Å². The van der Waals surface area contributed by atoms with E-state index in [1.165, 1.54) is 11.3 Å². The predicted octanol–water partition coefficient (Wildman–Crippen LogP) is 3.41. The summed E-state index contributed by atoms with van der Waals surface area (Å²) in [7, 11) is 0. The van der Waals surface area contributed by atoms with Crippen molar-refractivity contribution in [3.63, 3.8) is 0 Å². The van der Waals surface area contributed by atoms with Crippen molar-refractivity contribution in [1.82, 2.24) is 14.5 Å². The number of hydrogen-bond donors (Lipinski definition) is 1. The summed E-state index contributed by atoms with van der Waals surface area (Å²) in [6, 6.07) is 9.31. The molecule has 3 aromatic heterocycles. The van der Waals surface area contributed by atoms with Crippen molar-refractivity contribution in [2.45, 2.75) is 19.8 Å². The van der Waals surface area contributed by atoms with E-state index in [1.54, 1.807) is 9.95 Å². The average Bonchev–Trinajstić information content (AvgIpc) is 3.04. The van der Waals surface area contributed by atoms with Crippen LogP contribution in [0.1, 0.15) is 25.6 Å². The minimum atomic E-state index is -0.329. The fourth-order valence-electron chi connectivity index (χ4n) is 2.88. The highest BCUT2D eigenvalue weighted by atomic mass is 32.1. The van der Waals surface area contributed by atoms with E-state index in [9.17, 15) is 9.59 Å². The Balaban J connectivity index is 2.22. The van der Waals surface area contributed by atoms with Gasteiger partial charge in [0.2, 0.25) is 5.43 Å². The molecule has 0 amide bonds. The van der Waals surface area contributed by atoms with E-state index in [4.69, 9.17) is 0 Å². The summed E-state index contributed by atoms with van der Waals surface area (Å²) in [6.07, 6.45) is 0. The van der Waals surface area contributed by atoms with E-state index < -0.39 is 0 Å². The third-order valence-corrected chi connectivity index (χ3v) is 4.77. The van der Waals surface area contributed by atoms with Crippen molar-refractivity contribution in [3.05, 3.63) is 67.5 Å². The molecule has 0 spiro atoms. The number of nitrogens with zero attached hydrogens (tertiary/aromatic N) is 2. The lowest BCUT2D eigenvalue weighted by molar-refractivity contribution is 0.721. The largest absolute Gasteiger partial charge is 0.338 e. The second kappa shape index (κ2) is 5.42. The van der Waals surface area contributed by atoms with Crippen LogP contribution < -0.4 is 11.0 Å². The lowest BCUT2D eigenvalue weighted by Crippen LogP contribution is -2.28. The standard InChI is InChI=1S/C18H15N3O2S/c1-10(2)17-20-16-14(15(22)12-8-24-9-13(12)19-16)18(23)21(17)11-6-4-3-5-7-11/h3-10,19H,1-2H3. The maximum Gasteiger partial charge on any atom is 0.271 e. The van der Waals surface area contributed by atoms with Crippen LogP contribution in [-0.2, 0) is 0 Å². The molecule has 120 valence electrons. The third kappa shape index (κ3) is 2.11. The van der Waals surface area contributed by atoms with E-state index in [2.05, 4.69) is 9.97 Å². The van der Waals surface area contributed by atoms with Gasteiger partial charge >= 0.3 is 0 Å². The predicted molar refractivity (Wildman–Crippen MR) is 97.4 cm³/mol. The molecule has 24 heavy (non-hydrogen) atoms. The Morgan fingerprint density at radius 2 is 1.88 bits per heavy atom. The summed E-state index contributed by atoms with van der Waals surface area (Å²) in [5.74, 6) is 0.660. The topological polar surface area (TPSA) is 67.8 Å². The van der Waals surface area contributed by atoms with Gasteiger partial charge in [0.15, 0.2) is 0 Å². The van der Waals surface area contributed by atoms with Crippen molar-refractivity contribution in [2.24, 2.45) is 0 Å². The minimum Gasteiger partial charge on any atom is -0.338 e. The van der Waals surface area contributed by atoms with Crippen LogP contribution in [0.3, 0.4) is 0 Å². The Hall–Kier alpha value is -2.73. The Morgan fingerprint density at radius 1 is 1.12 bits per heavy atom. The van der Waals surface area contributed by atoms with Crippen LogP contribution in [0, 0.1) is 0 Å². The van der Waals surface area contributed by atoms with Crippen molar-refractivity contribution in [1.29, 1.82) is 0 Å². The lowest BCUT2D eigenvalue weighted by atomic mass is 10.1. The number of aromatic amines is 1. The van der Waals surface area contributed by atoms with Crippen molar-refractivity contribution >= 4 is 33.3 Å². The first-order valence-electron chi connectivity index (χ1n) is 7.68. The molecular weight excluding hydrogens is 322 g/mol. The zero-order valence-electron chi connectivity index (χ0n) is 13.2. The molecule has 4 aromatic rings. The molecule has 0 radical (unpaired) electrons. The van der Waals surface area contributed by atoms with Crippen LogP contribution in [-0.4, -0.2) is 14.5 Å². The zero-order valence-corrected chi connectivity index (χ0v) is 14.1. The highest BCUT2D eigenvalue weighted by molar-refractivity contribution is 7.09. The molecule has 1 N–H and O–H groups in total. The zero-order chi connectivity index (χ0) is 16.8. The molecule has 0 aliphatic carbocycles. The Bertz CT molecular complexity index is 1170. The quantitative estimate of drug-likeness (QED) is 0.609. The van der Waals surface area contributed by atoms with Crippen LogP contribution in [0.2, 0.25) is 0 Å². The molecule has 0 aliphatic rings. The van der Waals surface area contributed by atoms with E-state index in [0.717, 1.165) is 5.52 Å². The highest BCUT2D eigenvalue weighted by Crippen LogP contribution is 2.20. The maximum absolute atomic E-state index is 13.1. The first kappa shape index (κ1) is 14.8. The van der Waals surface area contributed by atoms with Gasteiger partial charge in [-0.3, -0.25) is 14.2 Å². The minimum absolute atomic E-state index is 0.0315. The summed E-state index contributed by atoms with van der Waals surface area (Å²) in [4.78, 5) is 33.7. The van der Waals surface area contributed by atoms with Gasteiger partial charge in [-0.1, -0.05) is 32.0 Å². The van der Waals surface area contributed by atoms with Gasteiger partial charge in [0, 0.05) is 16.7 Å². The summed E-state index contributed by atoms with van der Waals surface area (Å²) in [5.41, 5.74) is 1.19. The number of benzene rings is 1. The van der Waals surface area contributed by atoms with Gasteiger partial charge in [0.25, 0.3) is 5.56 Å². The Kier molecular flexibility index (Phi) is 3.35. The number of nitrogens with one attached hydrogen (secondary N) is 1. The summed E-state index contributed by atoms with van der Waals surface area (Å²) in [5, 5.41) is 4.25. The molecule has 1 aromatic carbocycles. The normalized spacial score (nSPS) is 11.6. The number of para-hydroxylation sites is 1. The molecule has 5 nitrogen and oxygen atoms in total. The van der Waals surface area contributed by atoms with Crippen molar-refractivity contribution < 1.29 is 0 Å².